The summed E-state index contributed by atoms with van der Waals surface area (Å²) in [6, 6.07) is 20.5. The first kappa shape index (κ1) is 20.2. The minimum Gasteiger partial charge on any atom is -0.376 e. The summed E-state index contributed by atoms with van der Waals surface area (Å²) in [7, 11) is 0. The molecule has 0 atom stereocenters. The maximum absolute atomic E-state index is 12.8. The molecule has 1 heterocycles. The van der Waals surface area contributed by atoms with Crippen molar-refractivity contribution >= 4 is 34.1 Å². The van der Waals surface area contributed by atoms with Gasteiger partial charge >= 0.3 is 0 Å². The Kier molecular flexibility index (Phi) is 5.93. The van der Waals surface area contributed by atoms with Crippen molar-refractivity contribution in [3.8, 4) is 0 Å². The number of aromatic amines is 1. The summed E-state index contributed by atoms with van der Waals surface area (Å²) in [5.74, 6) is -0.495. The standard InChI is InChI=1S/C24H23N5O2/c1-16-7-2-4-11-20(16)25-15-22(30)28-21-12-5-3-10-19(21)24(31)26-13-17-8-6-9-18-14-27-29-23(17)18/h2-12,14,25H,13,15H2,1H3,(H,26,31)(H,27,29)(H,28,30). The number of nitrogens with zero attached hydrogens (tertiary/aromatic N) is 1. The molecule has 31 heavy (non-hydrogen) atoms. The van der Waals surface area contributed by atoms with E-state index in [9.17, 15) is 9.59 Å². The lowest BCUT2D eigenvalue weighted by molar-refractivity contribution is -0.114. The highest BCUT2D eigenvalue weighted by molar-refractivity contribution is 6.04. The highest BCUT2D eigenvalue weighted by atomic mass is 16.2. The zero-order chi connectivity index (χ0) is 21.6. The molecular formula is C24H23N5O2. The average molecular weight is 413 g/mol. The summed E-state index contributed by atoms with van der Waals surface area (Å²) >= 11 is 0. The van der Waals surface area contributed by atoms with Crippen LogP contribution in [0.2, 0.25) is 0 Å². The number of aromatic nitrogens is 2. The number of benzene rings is 3. The molecule has 0 unspecified atom stereocenters. The first-order valence-corrected chi connectivity index (χ1v) is 9.99. The van der Waals surface area contributed by atoms with Gasteiger partial charge in [0.25, 0.3) is 5.91 Å². The number of fused-ring (bicyclic) bond motifs is 1. The molecule has 0 bridgehead atoms. The van der Waals surface area contributed by atoms with Gasteiger partial charge in [-0.25, -0.2) is 0 Å². The Hall–Kier alpha value is -4.13. The third kappa shape index (κ3) is 4.72. The van der Waals surface area contributed by atoms with Crippen molar-refractivity contribution in [1.82, 2.24) is 15.5 Å². The lowest BCUT2D eigenvalue weighted by atomic mass is 10.1. The van der Waals surface area contributed by atoms with Gasteiger partial charge in [0.05, 0.1) is 29.5 Å². The monoisotopic (exact) mass is 413 g/mol. The van der Waals surface area contributed by atoms with Gasteiger partial charge in [0, 0.05) is 17.6 Å². The van der Waals surface area contributed by atoms with Crippen LogP contribution in [0.5, 0.6) is 0 Å². The van der Waals surface area contributed by atoms with Crippen molar-refractivity contribution in [2.75, 3.05) is 17.2 Å². The van der Waals surface area contributed by atoms with Crippen LogP contribution in [-0.4, -0.2) is 28.6 Å². The zero-order valence-electron chi connectivity index (χ0n) is 17.1. The second kappa shape index (κ2) is 9.13. The quantitative estimate of drug-likeness (QED) is 0.370. The van der Waals surface area contributed by atoms with Crippen LogP contribution in [-0.2, 0) is 11.3 Å². The summed E-state index contributed by atoms with van der Waals surface area (Å²) in [5.41, 5.74) is 4.66. The fourth-order valence-electron chi connectivity index (χ4n) is 3.38. The molecule has 0 saturated heterocycles. The first-order chi connectivity index (χ1) is 15.1. The van der Waals surface area contributed by atoms with E-state index in [1.807, 2.05) is 49.4 Å². The van der Waals surface area contributed by atoms with Crippen LogP contribution in [0.4, 0.5) is 11.4 Å². The number of nitrogens with one attached hydrogen (secondary N) is 4. The summed E-state index contributed by atoms with van der Waals surface area (Å²) in [5, 5.41) is 16.9. The fourth-order valence-corrected chi connectivity index (χ4v) is 3.38. The highest BCUT2D eigenvalue weighted by Crippen LogP contribution is 2.18. The van der Waals surface area contributed by atoms with Gasteiger partial charge in [-0.2, -0.15) is 5.10 Å². The topological polar surface area (TPSA) is 98.9 Å². The molecule has 4 rings (SSSR count). The lowest BCUT2D eigenvalue weighted by Crippen LogP contribution is -2.27. The van der Waals surface area contributed by atoms with Gasteiger partial charge in [-0.3, -0.25) is 14.7 Å². The number of carbonyl (C=O) groups is 2. The maximum atomic E-state index is 12.8. The largest absolute Gasteiger partial charge is 0.376 e. The molecule has 1 aromatic heterocycles. The second-order valence-electron chi connectivity index (χ2n) is 7.20. The minimum absolute atomic E-state index is 0.0998. The molecule has 7 nitrogen and oxygen atoms in total. The summed E-state index contributed by atoms with van der Waals surface area (Å²) < 4.78 is 0. The predicted molar refractivity (Wildman–Crippen MR) is 122 cm³/mol. The van der Waals surface area contributed by atoms with Crippen molar-refractivity contribution < 1.29 is 9.59 Å². The van der Waals surface area contributed by atoms with Crippen LogP contribution in [0, 0.1) is 6.92 Å². The van der Waals surface area contributed by atoms with Gasteiger partial charge in [0.2, 0.25) is 5.91 Å². The van der Waals surface area contributed by atoms with Crippen molar-refractivity contribution in [2.24, 2.45) is 0 Å². The average Bonchev–Trinajstić information content (AvgIpc) is 3.27. The van der Waals surface area contributed by atoms with E-state index in [0.29, 0.717) is 17.8 Å². The molecule has 7 heteroatoms. The van der Waals surface area contributed by atoms with E-state index in [1.54, 1.807) is 30.5 Å². The molecule has 0 aliphatic carbocycles. The Labute approximate surface area is 179 Å². The van der Waals surface area contributed by atoms with Gasteiger partial charge in [-0.1, -0.05) is 48.5 Å². The Morgan fingerprint density at radius 2 is 1.71 bits per heavy atom. The van der Waals surface area contributed by atoms with E-state index in [-0.39, 0.29) is 18.4 Å². The van der Waals surface area contributed by atoms with Crippen LogP contribution in [0.25, 0.3) is 10.9 Å². The predicted octanol–water partition coefficient (Wildman–Crippen LogP) is 3.85. The number of rotatable bonds is 7. The van der Waals surface area contributed by atoms with E-state index in [4.69, 9.17) is 0 Å². The van der Waals surface area contributed by atoms with Gasteiger partial charge in [-0.05, 0) is 36.2 Å². The fraction of sp³-hybridized carbons (Fsp3) is 0.125. The Morgan fingerprint density at radius 1 is 0.935 bits per heavy atom. The summed E-state index contributed by atoms with van der Waals surface area (Å²) in [4.78, 5) is 25.3. The number of carbonyl (C=O) groups excluding carboxylic acids is 2. The molecule has 0 spiro atoms. The smallest absolute Gasteiger partial charge is 0.253 e. The molecule has 4 N–H and O–H groups in total. The number of para-hydroxylation sites is 3. The van der Waals surface area contributed by atoms with Crippen molar-refractivity contribution in [3.63, 3.8) is 0 Å². The van der Waals surface area contributed by atoms with Crippen LogP contribution in [0.3, 0.4) is 0 Å². The number of hydrogen-bond acceptors (Lipinski definition) is 4. The minimum atomic E-state index is -0.265. The maximum Gasteiger partial charge on any atom is 0.253 e. The van der Waals surface area contributed by atoms with Crippen molar-refractivity contribution in [3.05, 3.63) is 89.6 Å². The van der Waals surface area contributed by atoms with Crippen LogP contribution >= 0.6 is 0 Å². The van der Waals surface area contributed by atoms with Crippen LogP contribution in [0.1, 0.15) is 21.5 Å². The first-order valence-electron chi connectivity index (χ1n) is 9.99. The van der Waals surface area contributed by atoms with E-state index >= 15 is 0 Å². The molecular weight excluding hydrogens is 390 g/mol. The molecule has 0 radical (unpaired) electrons. The van der Waals surface area contributed by atoms with E-state index in [1.165, 1.54) is 0 Å². The van der Waals surface area contributed by atoms with E-state index < -0.39 is 0 Å². The second-order valence-corrected chi connectivity index (χ2v) is 7.20. The normalized spacial score (nSPS) is 10.6. The van der Waals surface area contributed by atoms with Gasteiger partial charge in [0.1, 0.15) is 0 Å². The summed E-state index contributed by atoms with van der Waals surface area (Å²) in [6.45, 7) is 2.42. The molecule has 0 aliphatic rings. The van der Waals surface area contributed by atoms with Gasteiger partial charge < -0.3 is 16.0 Å². The number of anilines is 2. The third-order valence-corrected chi connectivity index (χ3v) is 5.03. The lowest BCUT2D eigenvalue weighted by Gasteiger charge is -2.13. The van der Waals surface area contributed by atoms with Crippen molar-refractivity contribution in [2.45, 2.75) is 13.5 Å². The zero-order valence-corrected chi connectivity index (χ0v) is 17.1. The van der Waals surface area contributed by atoms with Gasteiger partial charge in [0.15, 0.2) is 0 Å². The SMILES string of the molecule is Cc1ccccc1NCC(=O)Nc1ccccc1C(=O)NCc1cccc2cn[nH]c12. The molecule has 0 fully saturated rings. The molecule has 0 saturated carbocycles. The number of hydrogen-bond donors (Lipinski definition) is 4. The number of aryl methyl sites for hydroxylation is 1. The van der Waals surface area contributed by atoms with Crippen LogP contribution in [0.15, 0.2) is 72.9 Å². The molecule has 3 aromatic carbocycles. The van der Waals surface area contributed by atoms with E-state index in [2.05, 4.69) is 26.1 Å². The van der Waals surface area contributed by atoms with Crippen LogP contribution < -0.4 is 16.0 Å². The number of amides is 2. The molecule has 156 valence electrons. The Balaban J connectivity index is 1.40. The molecule has 0 aliphatic heterocycles. The summed E-state index contributed by atoms with van der Waals surface area (Å²) in [6.07, 6.45) is 1.75. The Bertz CT molecular complexity index is 1230. The van der Waals surface area contributed by atoms with Crippen molar-refractivity contribution in [1.29, 1.82) is 0 Å². The van der Waals surface area contributed by atoms with Gasteiger partial charge in [-0.15, -0.1) is 0 Å². The van der Waals surface area contributed by atoms with E-state index in [0.717, 1.165) is 27.7 Å². The third-order valence-electron chi connectivity index (χ3n) is 5.03. The Morgan fingerprint density at radius 3 is 2.55 bits per heavy atom. The highest BCUT2D eigenvalue weighted by Gasteiger charge is 2.14. The molecule has 2 amide bonds. The molecule has 4 aromatic rings. The number of H-pyrrole nitrogens is 1.